The van der Waals surface area contributed by atoms with Gasteiger partial charge in [0.2, 0.25) is 0 Å². The van der Waals surface area contributed by atoms with Crippen LogP contribution in [0.1, 0.15) is 38.5 Å². The molecule has 0 fully saturated rings. The second-order valence-corrected chi connectivity index (χ2v) is 9.52. The highest BCUT2D eigenvalue weighted by Crippen LogP contribution is 2.42. The van der Waals surface area contributed by atoms with Gasteiger partial charge in [-0.1, -0.05) is 60.7 Å². The van der Waals surface area contributed by atoms with Gasteiger partial charge in [-0.3, -0.25) is 4.79 Å². The number of halogens is 3. The third-order valence-corrected chi connectivity index (χ3v) is 6.93. The van der Waals surface area contributed by atoms with Gasteiger partial charge in [0.05, 0.1) is 17.6 Å². The molecule has 0 saturated heterocycles. The lowest BCUT2D eigenvalue weighted by molar-refractivity contribution is -0.142. The van der Waals surface area contributed by atoms with Crippen LogP contribution >= 0.6 is 0 Å². The van der Waals surface area contributed by atoms with Crippen molar-refractivity contribution < 1.29 is 22.4 Å². The molecule has 1 aliphatic rings. The Hall–Kier alpha value is -4.59. The Bertz CT molecular complexity index is 1560. The van der Waals surface area contributed by atoms with Gasteiger partial charge < -0.3 is 9.32 Å². The lowest BCUT2D eigenvalue weighted by Crippen LogP contribution is -2.30. The van der Waals surface area contributed by atoms with Crippen molar-refractivity contribution in [2.24, 2.45) is 0 Å². The minimum atomic E-state index is -4.58. The van der Waals surface area contributed by atoms with Crippen LogP contribution in [0.5, 0.6) is 0 Å². The first kappa shape index (κ1) is 24.7. The molecule has 2 aromatic heterocycles. The van der Waals surface area contributed by atoms with E-state index >= 15 is 0 Å². The molecule has 0 spiro atoms. The van der Waals surface area contributed by atoms with Gasteiger partial charge in [0, 0.05) is 36.2 Å². The van der Waals surface area contributed by atoms with Crippen LogP contribution in [0.4, 0.5) is 13.2 Å². The summed E-state index contributed by atoms with van der Waals surface area (Å²) < 4.78 is 48.4. The van der Waals surface area contributed by atoms with Gasteiger partial charge in [0.25, 0.3) is 5.91 Å². The number of hydrogen-bond donors (Lipinski definition) is 0. The number of carbonyl (C=O) groups is 1. The molecule has 39 heavy (non-hydrogen) atoms. The van der Waals surface area contributed by atoms with Gasteiger partial charge in [-0.05, 0) is 47.9 Å². The number of aromatic nitrogens is 2. The molecule has 0 saturated carbocycles. The summed E-state index contributed by atoms with van der Waals surface area (Å²) in [5.41, 5.74) is 3.13. The molecule has 196 valence electrons. The van der Waals surface area contributed by atoms with Gasteiger partial charge in [-0.25, -0.2) is 4.68 Å². The highest BCUT2D eigenvalue weighted by Gasteiger charge is 2.41. The van der Waals surface area contributed by atoms with Crippen molar-refractivity contribution in [2.75, 3.05) is 0 Å². The maximum Gasteiger partial charge on any atom is 0.435 e. The fourth-order valence-electron chi connectivity index (χ4n) is 5.10. The number of aryl methyl sites for hydroxylation is 1. The molecule has 1 amide bonds. The van der Waals surface area contributed by atoms with E-state index in [-0.39, 0.29) is 17.9 Å². The van der Waals surface area contributed by atoms with Crippen LogP contribution in [0.15, 0.2) is 102 Å². The number of carbonyl (C=O) groups excluding carboxylic acids is 1. The van der Waals surface area contributed by atoms with Crippen molar-refractivity contribution in [3.63, 3.8) is 0 Å². The van der Waals surface area contributed by atoms with Crippen molar-refractivity contribution in [3.8, 4) is 16.9 Å². The van der Waals surface area contributed by atoms with Crippen molar-refractivity contribution >= 4 is 5.91 Å². The second-order valence-electron chi connectivity index (χ2n) is 9.52. The Morgan fingerprint density at radius 3 is 2.05 bits per heavy atom. The zero-order valence-corrected chi connectivity index (χ0v) is 20.9. The van der Waals surface area contributed by atoms with E-state index in [2.05, 4.69) is 5.10 Å². The van der Waals surface area contributed by atoms with E-state index in [0.29, 0.717) is 47.8 Å². The van der Waals surface area contributed by atoms with Crippen molar-refractivity contribution in [2.45, 2.75) is 32.1 Å². The second kappa shape index (κ2) is 9.94. The summed E-state index contributed by atoms with van der Waals surface area (Å²) >= 11 is 0. The molecule has 3 aromatic carbocycles. The molecular formula is C31H24F3N3O2. The van der Waals surface area contributed by atoms with Crippen molar-refractivity contribution in [1.29, 1.82) is 0 Å². The summed E-state index contributed by atoms with van der Waals surface area (Å²) in [6.45, 7) is 0.836. The Kier molecular flexibility index (Phi) is 6.30. The first-order valence-electron chi connectivity index (χ1n) is 12.6. The molecule has 5 aromatic rings. The SMILES string of the molecule is O=C(c1ccc(-n2nc(C(F)(F)F)c3c2-c2ccoc2CC3)cc1)N(Cc1ccccc1)Cc1ccccc1. The molecule has 1 aliphatic carbocycles. The van der Waals surface area contributed by atoms with Crippen LogP contribution in [-0.2, 0) is 32.1 Å². The summed E-state index contributed by atoms with van der Waals surface area (Å²) in [4.78, 5) is 15.4. The van der Waals surface area contributed by atoms with Crippen molar-refractivity contribution in [3.05, 3.63) is 131 Å². The maximum atomic E-state index is 13.9. The average molecular weight is 528 g/mol. The fraction of sp³-hybridized carbons (Fsp3) is 0.161. The van der Waals surface area contributed by atoms with E-state index in [1.54, 1.807) is 35.2 Å². The van der Waals surface area contributed by atoms with Crippen molar-refractivity contribution in [1.82, 2.24) is 14.7 Å². The Morgan fingerprint density at radius 2 is 1.46 bits per heavy atom. The number of fused-ring (bicyclic) bond motifs is 3. The predicted octanol–water partition coefficient (Wildman–Crippen LogP) is 7.09. The van der Waals surface area contributed by atoms with Gasteiger partial charge in [-0.15, -0.1) is 0 Å². The van der Waals surface area contributed by atoms with Crippen LogP contribution in [0.2, 0.25) is 0 Å². The molecule has 0 aliphatic heterocycles. The maximum absolute atomic E-state index is 13.9. The topological polar surface area (TPSA) is 51.3 Å². The molecule has 0 bridgehead atoms. The van der Waals surface area contributed by atoms with E-state index < -0.39 is 11.9 Å². The largest absolute Gasteiger partial charge is 0.469 e. The predicted molar refractivity (Wildman–Crippen MR) is 140 cm³/mol. The minimum absolute atomic E-state index is 0.161. The summed E-state index contributed by atoms with van der Waals surface area (Å²) in [6, 6.07) is 27.7. The summed E-state index contributed by atoms with van der Waals surface area (Å²) in [6.07, 6.45) is -2.52. The number of furan rings is 1. The third-order valence-electron chi connectivity index (χ3n) is 6.93. The van der Waals surface area contributed by atoms with Crippen LogP contribution in [0.25, 0.3) is 16.9 Å². The highest BCUT2D eigenvalue weighted by atomic mass is 19.4. The molecule has 5 nitrogen and oxygen atoms in total. The Balaban J connectivity index is 1.34. The lowest BCUT2D eigenvalue weighted by atomic mass is 9.94. The number of hydrogen-bond acceptors (Lipinski definition) is 3. The first-order valence-corrected chi connectivity index (χ1v) is 12.6. The third kappa shape index (κ3) is 4.85. The average Bonchev–Trinajstić information content (AvgIpc) is 3.58. The smallest absolute Gasteiger partial charge is 0.435 e. The van der Waals surface area contributed by atoms with Crippen LogP contribution in [-0.4, -0.2) is 20.6 Å². The highest BCUT2D eigenvalue weighted by molar-refractivity contribution is 5.94. The molecule has 0 atom stereocenters. The zero-order chi connectivity index (χ0) is 27.0. The van der Waals surface area contributed by atoms with Crippen LogP contribution in [0.3, 0.4) is 0 Å². The van der Waals surface area contributed by atoms with E-state index in [9.17, 15) is 18.0 Å². The normalized spacial score (nSPS) is 12.6. The van der Waals surface area contributed by atoms with E-state index in [1.807, 2.05) is 60.7 Å². The monoisotopic (exact) mass is 527 g/mol. The number of amides is 1. The van der Waals surface area contributed by atoms with Crippen LogP contribution < -0.4 is 0 Å². The van der Waals surface area contributed by atoms with Gasteiger partial charge in [0.15, 0.2) is 5.69 Å². The molecule has 8 heteroatoms. The number of rotatable bonds is 6. The molecule has 0 unspecified atom stereocenters. The number of alkyl halides is 3. The molecule has 6 rings (SSSR count). The van der Waals surface area contributed by atoms with E-state index in [4.69, 9.17) is 4.42 Å². The van der Waals surface area contributed by atoms with Gasteiger partial charge in [-0.2, -0.15) is 18.3 Å². The summed E-state index contributed by atoms with van der Waals surface area (Å²) in [5, 5.41) is 3.99. The first-order chi connectivity index (χ1) is 18.9. The Labute approximate surface area is 223 Å². The standard InChI is InChI=1S/C31H24F3N3O2/c32-31(33,34)29-26-15-16-27-25(17-18-39-27)28(26)37(35-29)24-13-11-23(12-14-24)30(38)36(19-21-7-3-1-4-8-21)20-22-9-5-2-6-10-22/h1-14,17-18H,15-16,19-20H2. The molecule has 0 radical (unpaired) electrons. The molecule has 0 N–H and O–H groups in total. The van der Waals surface area contributed by atoms with Crippen LogP contribution in [0, 0.1) is 0 Å². The molecular weight excluding hydrogens is 503 g/mol. The van der Waals surface area contributed by atoms with E-state index in [1.165, 1.54) is 10.9 Å². The number of nitrogens with zero attached hydrogens (tertiary/aromatic N) is 3. The lowest BCUT2D eigenvalue weighted by Gasteiger charge is -2.23. The quantitative estimate of drug-likeness (QED) is 0.237. The Morgan fingerprint density at radius 1 is 0.846 bits per heavy atom. The summed E-state index contributed by atoms with van der Waals surface area (Å²) in [7, 11) is 0. The molecule has 2 heterocycles. The van der Waals surface area contributed by atoms with Gasteiger partial charge >= 0.3 is 6.18 Å². The fourth-order valence-corrected chi connectivity index (χ4v) is 5.10. The number of benzene rings is 3. The summed E-state index contributed by atoms with van der Waals surface area (Å²) in [5.74, 6) is 0.464. The minimum Gasteiger partial charge on any atom is -0.469 e. The van der Waals surface area contributed by atoms with Gasteiger partial charge in [0.1, 0.15) is 5.76 Å². The van der Waals surface area contributed by atoms with E-state index in [0.717, 1.165) is 11.1 Å². The zero-order valence-electron chi connectivity index (χ0n) is 20.9.